The predicted octanol–water partition coefficient (Wildman–Crippen LogP) is 2.83. The fraction of sp³-hybridized carbons (Fsp3) is 0.455. The molecular formula is C11H16BrNO2S. The fourth-order valence-corrected chi connectivity index (χ4v) is 3.35. The standard InChI is InChI=1S/C11H16BrNO2S/c1-4-9(3)13-16(14,15)11-6-5-10(12)7-8(11)2/h5-7,9,13H,4H2,1-3H3/t9-/m1/s1. The maximum Gasteiger partial charge on any atom is 0.241 e. The molecule has 1 rings (SSSR count). The quantitative estimate of drug-likeness (QED) is 0.930. The third-order valence-corrected chi connectivity index (χ3v) is 4.64. The van der Waals surface area contributed by atoms with Crippen molar-refractivity contribution in [3.8, 4) is 0 Å². The zero-order chi connectivity index (χ0) is 12.3. The number of hydrogen-bond acceptors (Lipinski definition) is 2. The molecule has 3 nitrogen and oxygen atoms in total. The van der Waals surface area contributed by atoms with Gasteiger partial charge < -0.3 is 0 Å². The molecule has 0 aliphatic rings. The van der Waals surface area contributed by atoms with Crippen LogP contribution in [0.5, 0.6) is 0 Å². The molecule has 1 aromatic carbocycles. The summed E-state index contributed by atoms with van der Waals surface area (Å²) in [5.74, 6) is 0. The Labute approximate surface area is 105 Å². The first-order valence-corrected chi connectivity index (χ1v) is 7.43. The van der Waals surface area contributed by atoms with Gasteiger partial charge in [0.15, 0.2) is 0 Å². The van der Waals surface area contributed by atoms with E-state index in [0.29, 0.717) is 4.90 Å². The number of rotatable bonds is 4. The van der Waals surface area contributed by atoms with E-state index in [-0.39, 0.29) is 6.04 Å². The van der Waals surface area contributed by atoms with Crippen molar-refractivity contribution in [1.82, 2.24) is 4.72 Å². The van der Waals surface area contributed by atoms with E-state index in [9.17, 15) is 8.42 Å². The molecule has 0 heterocycles. The van der Waals surface area contributed by atoms with Crippen LogP contribution in [0.2, 0.25) is 0 Å². The smallest absolute Gasteiger partial charge is 0.208 e. The van der Waals surface area contributed by atoms with Crippen LogP contribution in [-0.4, -0.2) is 14.5 Å². The maximum atomic E-state index is 12.0. The van der Waals surface area contributed by atoms with Gasteiger partial charge in [0.2, 0.25) is 10.0 Å². The number of nitrogens with one attached hydrogen (secondary N) is 1. The normalized spacial score (nSPS) is 13.8. The summed E-state index contributed by atoms with van der Waals surface area (Å²) in [5, 5.41) is 0. The van der Waals surface area contributed by atoms with Crippen LogP contribution in [0.3, 0.4) is 0 Å². The van der Waals surface area contributed by atoms with Crippen LogP contribution in [0.25, 0.3) is 0 Å². The van der Waals surface area contributed by atoms with Gasteiger partial charge in [-0.3, -0.25) is 0 Å². The second-order valence-corrected chi connectivity index (χ2v) is 6.44. The Bertz CT molecular complexity index is 471. The van der Waals surface area contributed by atoms with Crippen LogP contribution in [-0.2, 0) is 10.0 Å². The van der Waals surface area contributed by atoms with E-state index in [1.54, 1.807) is 25.1 Å². The van der Waals surface area contributed by atoms with E-state index >= 15 is 0 Å². The van der Waals surface area contributed by atoms with Crippen molar-refractivity contribution in [1.29, 1.82) is 0 Å². The van der Waals surface area contributed by atoms with Crippen LogP contribution in [0.15, 0.2) is 27.6 Å². The molecule has 5 heteroatoms. The Morgan fingerprint density at radius 3 is 2.56 bits per heavy atom. The highest BCUT2D eigenvalue weighted by Crippen LogP contribution is 2.20. The molecule has 0 amide bonds. The monoisotopic (exact) mass is 305 g/mol. The lowest BCUT2D eigenvalue weighted by molar-refractivity contribution is 0.555. The van der Waals surface area contributed by atoms with E-state index in [1.807, 2.05) is 13.8 Å². The third-order valence-electron chi connectivity index (χ3n) is 2.40. The van der Waals surface area contributed by atoms with Gasteiger partial charge in [-0.15, -0.1) is 0 Å². The zero-order valence-electron chi connectivity index (χ0n) is 9.62. The molecule has 0 unspecified atom stereocenters. The third kappa shape index (κ3) is 3.30. The molecule has 0 aliphatic heterocycles. The van der Waals surface area contributed by atoms with Crippen molar-refractivity contribution in [3.63, 3.8) is 0 Å². The van der Waals surface area contributed by atoms with Crippen molar-refractivity contribution >= 4 is 26.0 Å². The van der Waals surface area contributed by atoms with Crippen LogP contribution >= 0.6 is 15.9 Å². The van der Waals surface area contributed by atoms with Gasteiger partial charge in [0.05, 0.1) is 4.90 Å². The number of sulfonamides is 1. The molecule has 0 saturated heterocycles. The maximum absolute atomic E-state index is 12.0. The van der Waals surface area contributed by atoms with Crippen LogP contribution < -0.4 is 4.72 Å². The second kappa shape index (κ2) is 5.29. The predicted molar refractivity (Wildman–Crippen MR) is 69.0 cm³/mol. The summed E-state index contributed by atoms with van der Waals surface area (Å²) in [4.78, 5) is 0.344. The minimum absolute atomic E-state index is 0.0481. The van der Waals surface area contributed by atoms with Gasteiger partial charge in [0, 0.05) is 10.5 Å². The Morgan fingerprint density at radius 2 is 2.06 bits per heavy atom. The number of aryl methyl sites for hydroxylation is 1. The summed E-state index contributed by atoms with van der Waals surface area (Å²) in [5.41, 5.74) is 0.741. The van der Waals surface area contributed by atoms with Gasteiger partial charge in [-0.25, -0.2) is 13.1 Å². The van der Waals surface area contributed by atoms with Gasteiger partial charge in [0.25, 0.3) is 0 Å². The SMILES string of the molecule is CC[C@@H](C)NS(=O)(=O)c1ccc(Br)cc1C. The van der Waals surface area contributed by atoms with E-state index < -0.39 is 10.0 Å². The van der Waals surface area contributed by atoms with Gasteiger partial charge in [-0.05, 0) is 44.0 Å². The lowest BCUT2D eigenvalue weighted by Gasteiger charge is -2.13. The van der Waals surface area contributed by atoms with Gasteiger partial charge in [-0.1, -0.05) is 22.9 Å². The van der Waals surface area contributed by atoms with Crippen LogP contribution in [0, 0.1) is 6.92 Å². The van der Waals surface area contributed by atoms with Crippen LogP contribution in [0.4, 0.5) is 0 Å². The van der Waals surface area contributed by atoms with E-state index in [0.717, 1.165) is 16.5 Å². The Balaban J connectivity index is 3.08. The van der Waals surface area contributed by atoms with Crippen molar-refractivity contribution < 1.29 is 8.42 Å². The van der Waals surface area contributed by atoms with E-state index in [1.165, 1.54) is 0 Å². The Hall–Kier alpha value is -0.390. The Kier molecular flexibility index (Phi) is 4.52. The molecule has 1 N–H and O–H groups in total. The van der Waals surface area contributed by atoms with Crippen molar-refractivity contribution in [2.24, 2.45) is 0 Å². The average molecular weight is 306 g/mol. The topological polar surface area (TPSA) is 46.2 Å². The Morgan fingerprint density at radius 1 is 1.44 bits per heavy atom. The number of halogens is 1. The van der Waals surface area contributed by atoms with Crippen molar-refractivity contribution in [3.05, 3.63) is 28.2 Å². The summed E-state index contributed by atoms with van der Waals surface area (Å²) in [6.07, 6.45) is 0.773. The summed E-state index contributed by atoms with van der Waals surface area (Å²) in [6.45, 7) is 5.59. The fourth-order valence-electron chi connectivity index (χ4n) is 1.33. The lowest BCUT2D eigenvalue weighted by Crippen LogP contribution is -2.32. The summed E-state index contributed by atoms with van der Waals surface area (Å²) in [6, 6.07) is 5.10. The zero-order valence-corrected chi connectivity index (χ0v) is 12.0. The van der Waals surface area contributed by atoms with Crippen molar-refractivity contribution in [2.75, 3.05) is 0 Å². The summed E-state index contributed by atoms with van der Waals surface area (Å²) in [7, 11) is -3.39. The van der Waals surface area contributed by atoms with Gasteiger partial charge in [0.1, 0.15) is 0 Å². The molecule has 16 heavy (non-hydrogen) atoms. The molecule has 90 valence electrons. The van der Waals surface area contributed by atoms with E-state index in [2.05, 4.69) is 20.7 Å². The summed E-state index contributed by atoms with van der Waals surface area (Å²) < 4.78 is 27.5. The first-order chi connectivity index (χ1) is 7.36. The first kappa shape index (κ1) is 13.7. The minimum atomic E-state index is -3.39. The highest BCUT2D eigenvalue weighted by Gasteiger charge is 2.18. The molecule has 0 aromatic heterocycles. The second-order valence-electron chi connectivity index (χ2n) is 3.84. The molecule has 0 saturated carbocycles. The van der Waals surface area contributed by atoms with E-state index in [4.69, 9.17) is 0 Å². The van der Waals surface area contributed by atoms with Crippen molar-refractivity contribution in [2.45, 2.75) is 38.1 Å². The largest absolute Gasteiger partial charge is 0.241 e. The molecule has 0 fully saturated rings. The molecule has 0 radical (unpaired) electrons. The molecule has 1 atom stereocenters. The molecule has 1 aromatic rings. The van der Waals surface area contributed by atoms with Gasteiger partial charge >= 0.3 is 0 Å². The highest BCUT2D eigenvalue weighted by atomic mass is 79.9. The molecule has 0 spiro atoms. The average Bonchev–Trinajstić information content (AvgIpc) is 2.16. The number of benzene rings is 1. The van der Waals surface area contributed by atoms with Crippen LogP contribution in [0.1, 0.15) is 25.8 Å². The highest BCUT2D eigenvalue weighted by molar-refractivity contribution is 9.10. The molecular weight excluding hydrogens is 290 g/mol. The molecule has 0 bridgehead atoms. The minimum Gasteiger partial charge on any atom is -0.208 e. The van der Waals surface area contributed by atoms with Gasteiger partial charge in [-0.2, -0.15) is 0 Å². The number of hydrogen-bond donors (Lipinski definition) is 1. The summed E-state index contributed by atoms with van der Waals surface area (Å²) >= 11 is 3.31. The first-order valence-electron chi connectivity index (χ1n) is 5.15. The molecule has 0 aliphatic carbocycles. The lowest BCUT2D eigenvalue weighted by atomic mass is 10.2.